The van der Waals surface area contributed by atoms with Crippen molar-refractivity contribution in [1.29, 1.82) is 0 Å². The minimum atomic E-state index is -0.932. The van der Waals surface area contributed by atoms with Crippen LogP contribution in [0.15, 0.2) is 36.4 Å². The highest BCUT2D eigenvalue weighted by atomic mass is 32.1. The zero-order chi connectivity index (χ0) is 19.0. The Morgan fingerprint density at radius 3 is 2.63 bits per heavy atom. The summed E-state index contributed by atoms with van der Waals surface area (Å²) in [6.45, 7) is 0. The fourth-order valence-electron chi connectivity index (χ4n) is 3.79. The number of carbonyl (C=O) groups is 3. The molecule has 2 fully saturated rings. The number of amides is 3. The van der Waals surface area contributed by atoms with Crippen LogP contribution in [-0.4, -0.2) is 34.9 Å². The van der Waals surface area contributed by atoms with E-state index in [1.165, 1.54) is 12.0 Å². The first-order valence-electron chi connectivity index (χ1n) is 8.81. The number of carbonyl (C=O) groups excluding carboxylic acids is 3. The second-order valence-electron chi connectivity index (χ2n) is 6.87. The second-order valence-corrected chi connectivity index (χ2v) is 7.65. The van der Waals surface area contributed by atoms with Crippen molar-refractivity contribution >= 4 is 34.4 Å². The van der Waals surface area contributed by atoms with Gasteiger partial charge in [0.25, 0.3) is 5.91 Å². The Kier molecular flexibility index (Phi) is 4.43. The molecular formula is C19H19N3O4S. The largest absolute Gasteiger partial charge is 0.469 e. The van der Waals surface area contributed by atoms with E-state index in [1.54, 1.807) is 6.07 Å². The predicted octanol–water partition coefficient (Wildman–Crippen LogP) is 2.97. The number of esters is 1. The van der Waals surface area contributed by atoms with E-state index < -0.39 is 11.6 Å². The third-order valence-corrected chi connectivity index (χ3v) is 6.10. The Morgan fingerprint density at radius 2 is 1.96 bits per heavy atom. The number of nitrogens with zero attached hydrogens (tertiary/aromatic N) is 2. The van der Waals surface area contributed by atoms with Gasteiger partial charge in [-0.05, 0) is 37.2 Å². The van der Waals surface area contributed by atoms with Crippen molar-refractivity contribution < 1.29 is 19.1 Å². The lowest BCUT2D eigenvalue weighted by Crippen LogP contribution is -2.50. The molecule has 0 unspecified atom stereocenters. The van der Waals surface area contributed by atoms with Gasteiger partial charge in [0, 0.05) is 11.6 Å². The van der Waals surface area contributed by atoms with E-state index in [1.807, 2.05) is 30.3 Å². The molecule has 8 heteroatoms. The fourth-order valence-corrected chi connectivity index (χ4v) is 4.55. The Balaban J connectivity index is 1.54. The summed E-state index contributed by atoms with van der Waals surface area (Å²) in [5.74, 6) is -0.736. The molecule has 1 saturated carbocycles. The quantitative estimate of drug-likeness (QED) is 0.648. The highest BCUT2D eigenvalue weighted by Gasteiger charge is 2.54. The van der Waals surface area contributed by atoms with Crippen molar-refractivity contribution in [3.8, 4) is 11.3 Å². The van der Waals surface area contributed by atoms with Gasteiger partial charge in [0.2, 0.25) is 0 Å². The first-order chi connectivity index (χ1) is 13.0. The molecule has 1 aromatic heterocycles. The molecule has 1 aliphatic heterocycles. The number of benzene rings is 1. The number of anilines is 1. The lowest BCUT2D eigenvalue weighted by Gasteiger charge is -2.33. The molecule has 0 radical (unpaired) electrons. The van der Waals surface area contributed by atoms with E-state index >= 15 is 0 Å². The number of imide groups is 1. The topological polar surface area (TPSA) is 88.6 Å². The lowest BCUT2D eigenvalue weighted by atomic mass is 9.76. The van der Waals surface area contributed by atoms with Crippen molar-refractivity contribution in [1.82, 2.24) is 9.69 Å². The Morgan fingerprint density at radius 1 is 1.26 bits per heavy atom. The monoisotopic (exact) mass is 385 g/mol. The van der Waals surface area contributed by atoms with Crippen LogP contribution in [0.1, 0.15) is 25.7 Å². The number of methoxy groups -OCH3 is 1. The van der Waals surface area contributed by atoms with E-state index in [2.05, 4.69) is 9.69 Å². The molecule has 1 aromatic carbocycles. The first kappa shape index (κ1) is 17.7. The van der Waals surface area contributed by atoms with Crippen molar-refractivity contribution in [2.45, 2.75) is 31.2 Å². The smallest absolute Gasteiger partial charge is 0.330 e. The fraction of sp³-hybridized carbons (Fsp3) is 0.368. The molecule has 27 heavy (non-hydrogen) atoms. The summed E-state index contributed by atoms with van der Waals surface area (Å²) >= 11 is 1.13. The van der Waals surface area contributed by atoms with Gasteiger partial charge in [0.1, 0.15) is 10.5 Å². The summed E-state index contributed by atoms with van der Waals surface area (Å²) in [6, 6.07) is 10.9. The number of rotatable bonds is 3. The molecule has 2 heterocycles. The highest BCUT2D eigenvalue weighted by Crippen LogP contribution is 2.40. The van der Waals surface area contributed by atoms with Crippen molar-refractivity contribution in [3.05, 3.63) is 36.4 Å². The van der Waals surface area contributed by atoms with E-state index in [9.17, 15) is 14.4 Å². The van der Waals surface area contributed by atoms with Crippen LogP contribution in [0.25, 0.3) is 11.3 Å². The molecule has 0 bridgehead atoms. The van der Waals surface area contributed by atoms with E-state index in [0.717, 1.165) is 22.8 Å². The number of urea groups is 1. The maximum Gasteiger partial charge on any atom is 0.330 e. The zero-order valence-electron chi connectivity index (χ0n) is 14.8. The molecule has 0 atom stereocenters. The third-order valence-electron chi connectivity index (χ3n) is 5.32. The number of hydrogen-bond acceptors (Lipinski definition) is 6. The van der Waals surface area contributed by atoms with Gasteiger partial charge in [0.05, 0.1) is 18.7 Å². The Labute approximate surface area is 160 Å². The number of nitrogens with one attached hydrogen (secondary N) is 1. The average Bonchev–Trinajstić information content (AvgIpc) is 3.26. The SMILES string of the molecule is COC(=O)C1CCC2(CC1)NC(=O)N(c1cc(-c3ccccc3)ns1)C2=O. The first-order valence-corrected chi connectivity index (χ1v) is 9.58. The van der Waals surface area contributed by atoms with Crippen LogP contribution in [0.2, 0.25) is 0 Å². The minimum Gasteiger partial charge on any atom is -0.469 e. The van der Waals surface area contributed by atoms with Crippen LogP contribution in [0.4, 0.5) is 9.80 Å². The van der Waals surface area contributed by atoms with Crippen molar-refractivity contribution in [2.75, 3.05) is 12.0 Å². The summed E-state index contributed by atoms with van der Waals surface area (Å²) < 4.78 is 9.18. The van der Waals surface area contributed by atoms with Crippen molar-refractivity contribution in [2.24, 2.45) is 5.92 Å². The normalized spacial score (nSPS) is 24.9. The molecular weight excluding hydrogens is 366 g/mol. The second kappa shape index (κ2) is 6.77. The van der Waals surface area contributed by atoms with E-state index in [0.29, 0.717) is 30.7 Å². The van der Waals surface area contributed by atoms with Crippen LogP contribution in [0.5, 0.6) is 0 Å². The van der Waals surface area contributed by atoms with Crippen molar-refractivity contribution in [3.63, 3.8) is 0 Å². The van der Waals surface area contributed by atoms with Gasteiger partial charge in [0.15, 0.2) is 0 Å². The molecule has 3 amide bonds. The Hall–Kier alpha value is -2.74. The number of aromatic nitrogens is 1. The summed E-state index contributed by atoms with van der Waals surface area (Å²) in [4.78, 5) is 38.6. The predicted molar refractivity (Wildman–Crippen MR) is 100 cm³/mol. The van der Waals surface area contributed by atoms with Crippen LogP contribution in [0.3, 0.4) is 0 Å². The Bertz CT molecular complexity index is 887. The molecule has 1 aliphatic carbocycles. The zero-order valence-corrected chi connectivity index (χ0v) is 15.6. The van der Waals surface area contributed by atoms with Gasteiger partial charge in [-0.3, -0.25) is 9.59 Å². The standard InChI is InChI=1S/C19H19N3O4S/c1-26-16(23)13-7-9-19(10-8-13)17(24)22(18(25)20-19)15-11-14(21-27-15)12-5-3-2-4-6-12/h2-6,11,13H,7-10H2,1H3,(H,20,25). The lowest BCUT2D eigenvalue weighted by molar-refractivity contribution is -0.147. The van der Waals surface area contributed by atoms with E-state index in [4.69, 9.17) is 4.74 Å². The van der Waals surface area contributed by atoms with E-state index in [-0.39, 0.29) is 17.8 Å². The number of hydrogen-bond donors (Lipinski definition) is 1. The maximum atomic E-state index is 13.1. The number of ether oxygens (including phenoxy) is 1. The van der Waals surface area contributed by atoms with Gasteiger partial charge in [-0.2, -0.15) is 4.37 Å². The third kappa shape index (κ3) is 2.99. The summed E-state index contributed by atoms with van der Waals surface area (Å²) in [5.41, 5.74) is 0.727. The molecule has 4 rings (SSSR count). The molecule has 1 saturated heterocycles. The van der Waals surface area contributed by atoms with Crippen LogP contribution in [-0.2, 0) is 14.3 Å². The van der Waals surface area contributed by atoms with Gasteiger partial charge in [-0.25, -0.2) is 9.69 Å². The van der Waals surface area contributed by atoms with Crippen LogP contribution in [0, 0.1) is 5.92 Å². The molecule has 2 aliphatic rings. The average molecular weight is 385 g/mol. The minimum absolute atomic E-state index is 0.215. The van der Waals surface area contributed by atoms with Gasteiger partial charge in [-0.15, -0.1) is 0 Å². The van der Waals surface area contributed by atoms with Crippen LogP contribution < -0.4 is 10.2 Å². The molecule has 140 valence electrons. The summed E-state index contributed by atoms with van der Waals surface area (Å²) in [7, 11) is 1.37. The molecule has 1 N–H and O–H groups in total. The van der Waals surface area contributed by atoms with Crippen LogP contribution >= 0.6 is 11.5 Å². The molecule has 7 nitrogen and oxygen atoms in total. The van der Waals surface area contributed by atoms with Gasteiger partial charge < -0.3 is 10.1 Å². The summed E-state index contributed by atoms with van der Waals surface area (Å²) in [5, 5.41) is 3.36. The summed E-state index contributed by atoms with van der Waals surface area (Å²) in [6.07, 6.45) is 1.89. The highest BCUT2D eigenvalue weighted by molar-refractivity contribution is 7.11. The molecule has 2 aromatic rings. The molecule has 1 spiro atoms. The van der Waals surface area contributed by atoms with Gasteiger partial charge in [-0.1, -0.05) is 30.3 Å². The maximum absolute atomic E-state index is 13.1. The van der Waals surface area contributed by atoms with Gasteiger partial charge >= 0.3 is 12.0 Å².